The van der Waals surface area contributed by atoms with E-state index in [0.717, 1.165) is 34.2 Å². The highest BCUT2D eigenvalue weighted by Crippen LogP contribution is 2.47. The number of anilines is 2. The molecular weight excluding hydrogens is 799 g/mol. The van der Waals surface area contributed by atoms with E-state index in [4.69, 9.17) is 23.2 Å². The molecule has 0 radical (unpaired) electrons. The van der Waals surface area contributed by atoms with E-state index in [0.29, 0.717) is 24.1 Å². The minimum Gasteiger partial charge on any atom is -0.406 e. The Bertz CT molecular complexity index is 1980. The Morgan fingerprint density at radius 2 is 1.63 bits per heavy atom. The lowest BCUT2D eigenvalue weighted by Crippen LogP contribution is -2.52. The highest BCUT2D eigenvalue weighted by molar-refractivity contribution is 14.1. The molecule has 2 aromatic heterocycles. The number of nitrogens with zero attached hydrogens (tertiary/aromatic N) is 4. The number of hydrogen-bond donors (Lipinski definition) is 2. The molecule has 1 atom stereocenters. The van der Waals surface area contributed by atoms with Gasteiger partial charge in [-0.2, -0.15) is 0 Å². The van der Waals surface area contributed by atoms with Crippen molar-refractivity contribution in [2.24, 2.45) is 0 Å². The number of halogens is 6. The lowest BCUT2D eigenvalue weighted by molar-refractivity contribution is -0.274. The molecule has 3 aliphatic rings. The van der Waals surface area contributed by atoms with Gasteiger partial charge in [-0.15, -0.1) is 13.2 Å². The molecule has 0 bridgehead atoms. The summed E-state index contributed by atoms with van der Waals surface area (Å²) in [7, 11) is 0. The third-order valence-corrected chi connectivity index (χ3v) is 10.1. The molecule has 7 rings (SSSR count). The van der Waals surface area contributed by atoms with E-state index in [-0.39, 0.29) is 34.0 Å². The maximum atomic E-state index is 14.3. The van der Waals surface area contributed by atoms with Gasteiger partial charge in [0, 0.05) is 26.2 Å². The van der Waals surface area contributed by atoms with Crippen molar-refractivity contribution in [3.8, 4) is 5.75 Å². The molecule has 254 valence electrons. The van der Waals surface area contributed by atoms with E-state index in [1.54, 1.807) is 13.1 Å². The maximum Gasteiger partial charge on any atom is 0.573 e. The molecule has 16 heteroatoms. The minimum absolute atomic E-state index is 0.0120. The number of carbonyl (C=O) groups excluding carboxylic acids is 3. The average molecular weight is 825 g/mol. The van der Waals surface area contributed by atoms with Crippen LogP contribution >= 0.6 is 45.8 Å². The molecule has 0 spiro atoms. The first-order valence-electron chi connectivity index (χ1n) is 15.1. The van der Waals surface area contributed by atoms with Gasteiger partial charge in [-0.3, -0.25) is 23.9 Å². The van der Waals surface area contributed by atoms with Gasteiger partial charge in [0.25, 0.3) is 11.8 Å². The van der Waals surface area contributed by atoms with Gasteiger partial charge in [-0.1, -0.05) is 35.3 Å². The molecule has 2 fully saturated rings. The number of ether oxygens (including phenoxy) is 1. The van der Waals surface area contributed by atoms with E-state index in [1.807, 2.05) is 12.1 Å². The lowest BCUT2D eigenvalue weighted by Gasteiger charge is -2.27. The van der Waals surface area contributed by atoms with Crippen molar-refractivity contribution >= 4 is 75.2 Å². The normalized spacial score (nSPS) is 20.1. The van der Waals surface area contributed by atoms with Gasteiger partial charge in [-0.25, -0.2) is 9.88 Å². The standard InChI is InChI=1S/C33H26Cl2F3IN6O4/c1-30(15-18-2-5-23(6-3-18)49-33(36,37)38)28(48)44(22-13-19(34)12-20(35)14-22)29-41-17-24(45(29)30)26(46)42-32(10-11-32)27(47)43-31(8-9-31)25-7-4-21(39)16-40-25/h2-7,12-14,16-17H,8-11,15H2,1H3,(H,42,46)(H,43,47)/t30-/m1/s1. The number of imidazole rings is 1. The number of nitrogens with one attached hydrogen (secondary N) is 2. The topological polar surface area (TPSA) is 118 Å². The van der Waals surface area contributed by atoms with E-state index in [9.17, 15) is 27.6 Å². The number of pyridine rings is 1. The molecule has 49 heavy (non-hydrogen) atoms. The highest BCUT2D eigenvalue weighted by atomic mass is 127. The summed E-state index contributed by atoms with van der Waals surface area (Å²) < 4.78 is 44.8. The number of hydrogen-bond acceptors (Lipinski definition) is 6. The first-order valence-corrected chi connectivity index (χ1v) is 17.0. The van der Waals surface area contributed by atoms with Gasteiger partial charge in [-0.05, 0) is 103 Å². The van der Waals surface area contributed by atoms with Crippen LogP contribution in [0.2, 0.25) is 10.0 Å². The Kier molecular flexibility index (Phi) is 8.14. The van der Waals surface area contributed by atoms with Crippen LogP contribution in [0, 0.1) is 3.57 Å². The Morgan fingerprint density at radius 1 is 0.959 bits per heavy atom. The summed E-state index contributed by atoms with van der Waals surface area (Å²) in [4.78, 5) is 52.3. The van der Waals surface area contributed by atoms with Crippen LogP contribution in [0.15, 0.2) is 67.0 Å². The predicted octanol–water partition coefficient (Wildman–Crippen LogP) is 6.79. The summed E-state index contributed by atoms with van der Waals surface area (Å²) in [6.07, 6.45) is 0.424. The molecule has 2 N–H and O–H groups in total. The van der Waals surface area contributed by atoms with Gasteiger partial charge < -0.3 is 15.4 Å². The maximum absolute atomic E-state index is 14.3. The smallest absolute Gasteiger partial charge is 0.406 e. The summed E-state index contributed by atoms with van der Waals surface area (Å²) in [5.74, 6) is -1.75. The molecule has 3 heterocycles. The van der Waals surface area contributed by atoms with Gasteiger partial charge in [0.1, 0.15) is 22.5 Å². The van der Waals surface area contributed by atoms with Crippen molar-refractivity contribution in [1.82, 2.24) is 25.2 Å². The fraction of sp³-hybridized carbons (Fsp3) is 0.303. The van der Waals surface area contributed by atoms with Gasteiger partial charge in [0.2, 0.25) is 11.9 Å². The number of aromatic nitrogens is 3. The second kappa shape index (κ2) is 11.9. The average Bonchev–Trinajstić information content (AvgIpc) is 3.92. The number of fused-ring (bicyclic) bond motifs is 1. The molecule has 0 unspecified atom stereocenters. The second-order valence-corrected chi connectivity index (χ2v) is 14.7. The Morgan fingerprint density at radius 3 is 2.20 bits per heavy atom. The van der Waals surface area contributed by atoms with Gasteiger partial charge in [0.15, 0.2) is 0 Å². The van der Waals surface area contributed by atoms with Crippen molar-refractivity contribution in [3.05, 3.63) is 97.6 Å². The molecule has 10 nitrogen and oxygen atoms in total. The second-order valence-electron chi connectivity index (χ2n) is 12.6. The number of amides is 3. The fourth-order valence-corrected chi connectivity index (χ4v) is 7.05. The molecule has 0 saturated heterocycles. The van der Waals surface area contributed by atoms with Crippen molar-refractivity contribution in [3.63, 3.8) is 0 Å². The molecule has 2 aliphatic carbocycles. The van der Waals surface area contributed by atoms with Gasteiger partial charge >= 0.3 is 6.36 Å². The zero-order valence-electron chi connectivity index (χ0n) is 25.6. The van der Waals surface area contributed by atoms with Crippen LogP contribution in [0.1, 0.15) is 54.4 Å². The zero-order valence-corrected chi connectivity index (χ0v) is 29.2. The molecule has 4 aromatic rings. The van der Waals surface area contributed by atoms with Crippen molar-refractivity contribution in [2.75, 3.05) is 4.90 Å². The molecule has 2 aromatic carbocycles. The van der Waals surface area contributed by atoms with Crippen LogP contribution in [-0.2, 0) is 27.1 Å². The third-order valence-electron chi connectivity index (χ3n) is 9.00. The van der Waals surface area contributed by atoms with Crippen molar-refractivity contribution in [2.45, 2.75) is 62.0 Å². The van der Waals surface area contributed by atoms with Crippen LogP contribution in [0.25, 0.3) is 0 Å². The Balaban J connectivity index is 1.20. The predicted molar refractivity (Wildman–Crippen MR) is 182 cm³/mol. The van der Waals surface area contributed by atoms with Crippen LogP contribution in [0.3, 0.4) is 0 Å². The van der Waals surface area contributed by atoms with E-state index >= 15 is 0 Å². The van der Waals surface area contributed by atoms with Gasteiger partial charge in [0.05, 0.1) is 23.1 Å². The number of carbonyl (C=O) groups is 3. The summed E-state index contributed by atoms with van der Waals surface area (Å²) in [6, 6.07) is 13.5. The van der Waals surface area contributed by atoms with Crippen LogP contribution in [-0.4, -0.2) is 44.2 Å². The summed E-state index contributed by atoms with van der Waals surface area (Å²) in [6.45, 7) is 1.61. The summed E-state index contributed by atoms with van der Waals surface area (Å²) in [5.41, 5.74) is -1.69. The molecule has 3 amide bonds. The molecule has 2 saturated carbocycles. The third kappa shape index (κ3) is 6.34. The Labute approximate surface area is 301 Å². The number of alkyl halides is 3. The van der Waals surface area contributed by atoms with Crippen molar-refractivity contribution < 1.29 is 32.3 Å². The number of rotatable bonds is 9. The van der Waals surface area contributed by atoms with Crippen molar-refractivity contribution in [1.29, 1.82) is 0 Å². The summed E-state index contributed by atoms with van der Waals surface area (Å²) >= 11 is 14.7. The monoisotopic (exact) mass is 824 g/mol. The van der Waals surface area contributed by atoms with E-state index in [2.05, 4.69) is 47.9 Å². The quantitative estimate of drug-likeness (QED) is 0.180. The molecule has 1 aliphatic heterocycles. The van der Waals surface area contributed by atoms with Crippen LogP contribution in [0.5, 0.6) is 5.75 Å². The first-order chi connectivity index (χ1) is 23.1. The van der Waals surface area contributed by atoms with E-state index in [1.165, 1.54) is 46.0 Å². The van der Waals surface area contributed by atoms with E-state index < -0.39 is 40.5 Å². The summed E-state index contributed by atoms with van der Waals surface area (Å²) in [5, 5.41) is 6.53. The minimum atomic E-state index is -4.87. The highest BCUT2D eigenvalue weighted by Gasteiger charge is 2.57. The Hall–Kier alpha value is -3.89. The van der Waals surface area contributed by atoms with Crippen LogP contribution in [0.4, 0.5) is 24.8 Å². The zero-order chi connectivity index (χ0) is 34.9. The van der Waals surface area contributed by atoms with Crippen LogP contribution < -0.4 is 20.3 Å². The SMILES string of the molecule is C[C@@]1(Cc2ccc(OC(F)(F)F)cc2)C(=O)N(c2cc(Cl)cc(Cl)c2)c2ncc(C(=O)NC3(C(=O)NC4(c5ccc(I)cn5)CC4)CC3)n21. The lowest BCUT2D eigenvalue weighted by atomic mass is 9.91. The fourth-order valence-electron chi connectivity index (χ4n) is 6.22. The molecular formula is C33H26Cl2F3IN6O4. The first kappa shape index (κ1) is 33.6. The number of benzene rings is 2. The largest absolute Gasteiger partial charge is 0.573 e.